The number of carbonyl (C=O) groups is 2. The van der Waals surface area contributed by atoms with Crippen LogP contribution < -0.4 is 11.1 Å². The lowest BCUT2D eigenvalue weighted by Gasteiger charge is -2.16. The van der Waals surface area contributed by atoms with E-state index >= 15 is 0 Å². The molecule has 0 bridgehead atoms. The van der Waals surface area contributed by atoms with Crippen molar-refractivity contribution >= 4 is 29.3 Å². The number of rotatable bonds is 9. The molecule has 0 saturated carbocycles. The van der Waals surface area contributed by atoms with Gasteiger partial charge in [-0.3, -0.25) is 14.3 Å². The first kappa shape index (κ1) is 22.3. The van der Waals surface area contributed by atoms with Crippen LogP contribution in [0.2, 0.25) is 0 Å². The van der Waals surface area contributed by atoms with E-state index in [-0.39, 0.29) is 24.3 Å². The van der Waals surface area contributed by atoms with Gasteiger partial charge in [-0.25, -0.2) is 0 Å². The van der Waals surface area contributed by atoms with E-state index in [1.54, 1.807) is 4.68 Å². The summed E-state index contributed by atoms with van der Waals surface area (Å²) in [6, 6.07) is 0. The van der Waals surface area contributed by atoms with Crippen molar-refractivity contribution in [2.24, 2.45) is 12.8 Å². The zero-order valence-corrected chi connectivity index (χ0v) is 18.7. The van der Waals surface area contributed by atoms with E-state index in [4.69, 9.17) is 10.5 Å². The third-order valence-electron chi connectivity index (χ3n) is 5.21. The summed E-state index contributed by atoms with van der Waals surface area (Å²) in [5.74, 6) is 0.161. The lowest BCUT2D eigenvalue weighted by atomic mass is 10.2. The number of anilines is 1. The molecule has 11 heteroatoms. The van der Waals surface area contributed by atoms with Crippen LogP contribution in [0.4, 0.5) is 5.69 Å². The standard InChI is InChI=1S/C19H29N7O3S/c1-11-17(12(2)25(4)24-11)21-18(28)13(3)30-19-23-22-16(8-7-15(20)27)26(19)10-14-6-5-9-29-14/h13-14H,5-10H2,1-4H3,(H2,20,27)(H,21,28). The minimum Gasteiger partial charge on any atom is -0.376 e. The Morgan fingerprint density at radius 3 is 2.73 bits per heavy atom. The van der Waals surface area contributed by atoms with Crippen molar-refractivity contribution in [1.82, 2.24) is 24.5 Å². The van der Waals surface area contributed by atoms with Gasteiger partial charge in [0, 0.05) is 26.5 Å². The van der Waals surface area contributed by atoms with Gasteiger partial charge in [0.1, 0.15) is 5.82 Å². The zero-order chi connectivity index (χ0) is 21.8. The fourth-order valence-corrected chi connectivity index (χ4v) is 4.27. The van der Waals surface area contributed by atoms with Gasteiger partial charge < -0.3 is 20.4 Å². The van der Waals surface area contributed by atoms with Gasteiger partial charge >= 0.3 is 0 Å². The minimum absolute atomic E-state index is 0.0810. The molecule has 1 aliphatic heterocycles. The van der Waals surface area contributed by atoms with Crippen LogP contribution in [-0.4, -0.2) is 54.3 Å². The van der Waals surface area contributed by atoms with Crippen molar-refractivity contribution in [2.75, 3.05) is 11.9 Å². The summed E-state index contributed by atoms with van der Waals surface area (Å²) in [7, 11) is 1.84. The minimum atomic E-state index is -0.402. The predicted molar refractivity (Wildman–Crippen MR) is 113 cm³/mol. The van der Waals surface area contributed by atoms with Crippen LogP contribution >= 0.6 is 11.8 Å². The highest BCUT2D eigenvalue weighted by Crippen LogP contribution is 2.27. The largest absolute Gasteiger partial charge is 0.376 e. The first-order valence-electron chi connectivity index (χ1n) is 10.1. The van der Waals surface area contributed by atoms with Crippen molar-refractivity contribution in [1.29, 1.82) is 0 Å². The molecule has 3 N–H and O–H groups in total. The summed E-state index contributed by atoms with van der Waals surface area (Å²) in [6.45, 7) is 6.95. The molecule has 2 unspecified atom stereocenters. The number of primary amides is 1. The summed E-state index contributed by atoms with van der Waals surface area (Å²) in [4.78, 5) is 24.0. The van der Waals surface area contributed by atoms with Crippen molar-refractivity contribution in [3.8, 4) is 0 Å². The predicted octanol–water partition coefficient (Wildman–Crippen LogP) is 1.34. The maximum Gasteiger partial charge on any atom is 0.237 e. The summed E-state index contributed by atoms with van der Waals surface area (Å²) >= 11 is 1.33. The number of ether oxygens (including phenoxy) is 1. The SMILES string of the molecule is Cc1nn(C)c(C)c1NC(=O)C(C)Sc1nnc(CCC(N)=O)n1CC1CCCO1. The van der Waals surface area contributed by atoms with E-state index in [1.165, 1.54) is 11.8 Å². The molecule has 30 heavy (non-hydrogen) atoms. The molecule has 1 saturated heterocycles. The molecule has 0 aliphatic carbocycles. The van der Waals surface area contributed by atoms with Gasteiger partial charge in [0.2, 0.25) is 11.8 Å². The fourth-order valence-electron chi connectivity index (χ4n) is 3.39. The molecule has 2 atom stereocenters. The monoisotopic (exact) mass is 435 g/mol. The summed E-state index contributed by atoms with van der Waals surface area (Å²) < 4.78 is 9.45. The van der Waals surface area contributed by atoms with E-state index in [2.05, 4.69) is 20.6 Å². The maximum atomic E-state index is 12.8. The number of nitrogens with zero attached hydrogens (tertiary/aromatic N) is 5. The van der Waals surface area contributed by atoms with Crippen LogP contribution in [0.3, 0.4) is 0 Å². The number of aryl methyl sites for hydroxylation is 3. The second-order valence-electron chi connectivity index (χ2n) is 7.53. The van der Waals surface area contributed by atoms with Gasteiger partial charge in [0.05, 0.1) is 35.0 Å². The zero-order valence-electron chi connectivity index (χ0n) is 17.8. The van der Waals surface area contributed by atoms with Gasteiger partial charge in [-0.15, -0.1) is 10.2 Å². The van der Waals surface area contributed by atoms with Crippen molar-refractivity contribution in [3.63, 3.8) is 0 Å². The molecule has 3 heterocycles. The number of amides is 2. The molecule has 3 rings (SSSR count). The Labute approximate surface area is 179 Å². The molecule has 2 aromatic rings. The molecule has 0 radical (unpaired) electrons. The first-order valence-corrected chi connectivity index (χ1v) is 10.9. The normalized spacial score (nSPS) is 17.3. The molecular formula is C19H29N7O3S. The van der Waals surface area contributed by atoms with Crippen molar-refractivity contribution in [2.45, 2.75) is 69.5 Å². The molecule has 2 aromatic heterocycles. The van der Waals surface area contributed by atoms with Gasteiger partial charge in [0.15, 0.2) is 5.16 Å². The lowest BCUT2D eigenvalue weighted by Crippen LogP contribution is -2.24. The number of thioether (sulfide) groups is 1. The highest BCUT2D eigenvalue weighted by atomic mass is 32.2. The second kappa shape index (κ2) is 9.61. The number of hydrogen-bond acceptors (Lipinski definition) is 7. The van der Waals surface area contributed by atoms with Crippen molar-refractivity contribution < 1.29 is 14.3 Å². The first-order chi connectivity index (χ1) is 14.3. The van der Waals surface area contributed by atoms with Crippen LogP contribution in [0.25, 0.3) is 0 Å². The average Bonchev–Trinajstić information content (AvgIpc) is 3.39. The molecule has 164 valence electrons. The van der Waals surface area contributed by atoms with Crippen LogP contribution in [0.5, 0.6) is 0 Å². The van der Waals surface area contributed by atoms with Gasteiger partial charge in [0.25, 0.3) is 0 Å². The van der Waals surface area contributed by atoms with Gasteiger partial charge in [-0.2, -0.15) is 5.10 Å². The number of nitrogens with one attached hydrogen (secondary N) is 1. The molecule has 1 aliphatic rings. The number of hydrogen-bond donors (Lipinski definition) is 2. The molecule has 2 amide bonds. The number of aromatic nitrogens is 5. The van der Waals surface area contributed by atoms with Gasteiger partial charge in [-0.05, 0) is 33.6 Å². The molecule has 1 fully saturated rings. The number of nitrogens with two attached hydrogens (primary N) is 1. The van der Waals surface area contributed by atoms with Crippen molar-refractivity contribution in [3.05, 3.63) is 17.2 Å². The summed E-state index contributed by atoms with van der Waals surface area (Å²) in [5.41, 5.74) is 7.70. The topological polar surface area (TPSA) is 130 Å². The third kappa shape index (κ3) is 5.20. The average molecular weight is 436 g/mol. The lowest BCUT2D eigenvalue weighted by molar-refractivity contribution is -0.118. The van der Waals surface area contributed by atoms with E-state index in [0.29, 0.717) is 23.9 Å². The molecular weight excluding hydrogens is 406 g/mol. The molecule has 0 aromatic carbocycles. The Morgan fingerprint density at radius 2 is 2.13 bits per heavy atom. The van der Waals surface area contributed by atoms with E-state index < -0.39 is 5.25 Å². The van der Waals surface area contributed by atoms with Crippen LogP contribution in [0.1, 0.15) is 43.4 Å². The Bertz CT molecular complexity index is 918. The Hall–Kier alpha value is -2.40. The number of carbonyl (C=O) groups excluding carboxylic acids is 2. The van der Waals surface area contributed by atoms with E-state index in [0.717, 1.165) is 36.5 Å². The summed E-state index contributed by atoms with van der Waals surface area (Å²) in [6.07, 6.45) is 2.67. The van der Waals surface area contributed by atoms with E-state index in [1.807, 2.05) is 32.4 Å². The third-order valence-corrected chi connectivity index (χ3v) is 6.29. The van der Waals surface area contributed by atoms with E-state index in [9.17, 15) is 9.59 Å². The van der Waals surface area contributed by atoms with Crippen LogP contribution in [0, 0.1) is 13.8 Å². The highest BCUT2D eigenvalue weighted by molar-refractivity contribution is 8.00. The Morgan fingerprint density at radius 1 is 1.37 bits per heavy atom. The molecule has 0 spiro atoms. The quantitative estimate of drug-likeness (QED) is 0.569. The van der Waals surface area contributed by atoms with Crippen LogP contribution in [-0.2, 0) is 34.3 Å². The smallest absolute Gasteiger partial charge is 0.237 e. The highest BCUT2D eigenvalue weighted by Gasteiger charge is 2.25. The van der Waals surface area contributed by atoms with Crippen LogP contribution in [0.15, 0.2) is 5.16 Å². The van der Waals surface area contributed by atoms with Gasteiger partial charge in [-0.1, -0.05) is 11.8 Å². The Kier molecular flexibility index (Phi) is 7.14. The second-order valence-corrected chi connectivity index (χ2v) is 8.84. The Balaban J connectivity index is 1.73. The maximum absolute atomic E-state index is 12.8. The summed E-state index contributed by atoms with van der Waals surface area (Å²) in [5, 5.41) is 16.1. The molecule has 10 nitrogen and oxygen atoms in total. The fraction of sp³-hybridized carbons (Fsp3) is 0.632.